The van der Waals surface area contributed by atoms with Crippen molar-refractivity contribution in [1.82, 2.24) is 9.47 Å². The number of nitriles is 1. The third-order valence-electron chi connectivity index (χ3n) is 6.28. The molecule has 36 heavy (non-hydrogen) atoms. The zero-order valence-electron chi connectivity index (χ0n) is 20.6. The Kier molecular flexibility index (Phi) is 7.64. The monoisotopic (exact) mass is 526 g/mol. The van der Waals surface area contributed by atoms with E-state index < -0.39 is 0 Å². The normalized spacial score (nSPS) is 21.4. The second-order valence-corrected chi connectivity index (χ2v) is 10.6. The second kappa shape index (κ2) is 10.5. The Bertz CT molecular complexity index is 1340. The highest BCUT2D eigenvalue weighted by atomic mass is 32.2. The Labute approximate surface area is 219 Å². The van der Waals surface area contributed by atoms with E-state index in [-0.39, 0.29) is 41.6 Å². The van der Waals surface area contributed by atoms with Crippen LogP contribution in [0.2, 0.25) is 0 Å². The molecule has 3 heterocycles. The third-order valence-corrected chi connectivity index (χ3v) is 7.66. The third kappa shape index (κ3) is 4.96. The molecule has 1 aromatic heterocycles. The molecular formula is C26H27FN4O3S2. The summed E-state index contributed by atoms with van der Waals surface area (Å²) in [4.78, 5) is 30.6. The van der Waals surface area contributed by atoms with Crippen LogP contribution in [0.15, 0.2) is 34.0 Å². The number of halogens is 1. The summed E-state index contributed by atoms with van der Waals surface area (Å²) in [5.41, 5.74) is 1.64. The number of anilines is 1. The molecule has 0 saturated carbocycles. The number of amides is 1. The van der Waals surface area contributed by atoms with E-state index in [0.717, 1.165) is 5.56 Å². The molecule has 0 spiro atoms. The number of benzene rings is 1. The first kappa shape index (κ1) is 26.1. The molecule has 2 saturated heterocycles. The van der Waals surface area contributed by atoms with Crippen molar-refractivity contribution >= 4 is 46.1 Å². The maximum atomic E-state index is 13.4. The van der Waals surface area contributed by atoms with E-state index in [0.29, 0.717) is 45.8 Å². The number of aromatic nitrogens is 1. The van der Waals surface area contributed by atoms with Gasteiger partial charge in [0.15, 0.2) is 0 Å². The largest absolute Gasteiger partial charge is 0.372 e. The first-order valence-electron chi connectivity index (χ1n) is 11.7. The number of ether oxygens (including phenoxy) is 1. The highest BCUT2D eigenvalue weighted by molar-refractivity contribution is 8.26. The van der Waals surface area contributed by atoms with Crippen LogP contribution < -0.4 is 10.5 Å². The lowest BCUT2D eigenvalue weighted by molar-refractivity contribution is -0.122. The van der Waals surface area contributed by atoms with Crippen molar-refractivity contribution in [3.63, 3.8) is 0 Å². The van der Waals surface area contributed by atoms with E-state index in [1.165, 1.54) is 28.8 Å². The Morgan fingerprint density at radius 1 is 1.22 bits per heavy atom. The van der Waals surface area contributed by atoms with Crippen molar-refractivity contribution in [1.29, 1.82) is 5.26 Å². The summed E-state index contributed by atoms with van der Waals surface area (Å²) in [6.07, 6.45) is 1.64. The van der Waals surface area contributed by atoms with Gasteiger partial charge >= 0.3 is 0 Å². The molecular weight excluding hydrogens is 499 g/mol. The highest BCUT2D eigenvalue weighted by Crippen LogP contribution is 2.37. The predicted molar refractivity (Wildman–Crippen MR) is 143 cm³/mol. The lowest BCUT2D eigenvalue weighted by Crippen LogP contribution is -2.48. The van der Waals surface area contributed by atoms with E-state index in [4.69, 9.17) is 17.0 Å². The minimum absolute atomic E-state index is 0.0492. The molecule has 2 aromatic rings. The molecule has 2 unspecified atom stereocenters. The van der Waals surface area contributed by atoms with Gasteiger partial charge in [-0.2, -0.15) is 5.26 Å². The van der Waals surface area contributed by atoms with Crippen molar-refractivity contribution in [3.8, 4) is 6.07 Å². The Morgan fingerprint density at radius 3 is 2.44 bits per heavy atom. The van der Waals surface area contributed by atoms with Gasteiger partial charge in [0.05, 0.1) is 23.7 Å². The number of pyridine rings is 1. The fourth-order valence-electron chi connectivity index (χ4n) is 4.67. The Balaban J connectivity index is 1.81. The summed E-state index contributed by atoms with van der Waals surface area (Å²) in [6, 6.07) is 7.99. The van der Waals surface area contributed by atoms with E-state index in [2.05, 4.69) is 11.0 Å². The number of thiocarbonyl (C=S) groups is 1. The van der Waals surface area contributed by atoms with Crippen LogP contribution in [-0.4, -0.2) is 45.0 Å². The van der Waals surface area contributed by atoms with Gasteiger partial charge in [0.2, 0.25) is 0 Å². The Morgan fingerprint density at radius 2 is 1.86 bits per heavy atom. The zero-order chi connectivity index (χ0) is 26.1. The second-order valence-electron chi connectivity index (χ2n) is 8.96. The first-order valence-corrected chi connectivity index (χ1v) is 12.9. The number of carbonyl (C=O) groups is 1. The van der Waals surface area contributed by atoms with Gasteiger partial charge in [0, 0.05) is 25.2 Å². The fourth-order valence-corrected chi connectivity index (χ4v) is 5.91. The molecule has 0 N–H and O–H groups in total. The molecule has 0 aliphatic carbocycles. The summed E-state index contributed by atoms with van der Waals surface area (Å²) in [7, 11) is 0. The number of thioether (sulfide) groups is 1. The molecule has 1 amide bonds. The van der Waals surface area contributed by atoms with Crippen LogP contribution in [-0.2, 0) is 22.6 Å². The van der Waals surface area contributed by atoms with Crippen molar-refractivity contribution in [3.05, 3.63) is 67.6 Å². The van der Waals surface area contributed by atoms with Gasteiger partial charge in [-0.15, -0.1) is 0 Å². The number of hydrogen-bond donors (Lipinski definition) is 0. The van der Waals surface area contributed by atoms with E-state index in [1.807, 2.05) is 20.8 Å². The van der Waals surface area contributed by atoms with Gasteiger partial charge in [0.25, 0.3) is 11.5 Å². The van der Waals surface area contributed by atoms with Crippen LogP contribution in [0.25, 0.3) is 6.08 Å². The quantitative estimate of drug-likeness (QED) is 0.427. The number of carbonyl (C=O) groups excluding carboxylic acids is 1. The van der Waals surface area contributed by atoms with E-state index in [1.54, 1.807) is 29.7 Å². The Hall–Kier alpha value is -3.00. The van der Waals surface area contributed by atoms with Gasteiger partial charge in [-0.1, -0.05) is 36.1 Å². The van der Waals surface area contributed by atoms with Gasteiger partial charge in [-0.3, -0.25) is 19.1 Å². The van der Waals surface area contributed by atoms with Gasteiger partial charge in [-0.05, 0) is 57.0 Å². The maximum absolute atomic E-state index is 13.4. The van der Waals surface area contributed by atoms with Crippen LogP contribution in [0.4, 0.5) is 10.2 Å². The molecule has 0 radical (unpaired) electrons. The minimum Gasteiger partial charge on any atom is -0.372 e. The number of nitrogens with zero attached hydrogens (tertiary/aromatic N) is 4. The summed E-state index contributed by atoms with van der Waals surface area (Å²) in [5.74, 6) is 0.0547. The van der Waals surface area contributed by atoms with Gasteiger partial charge < -0.3 is 9.64 Å². The zero-order valence-corrected chi connectivity index (χ0v) is 22.2. The maximum Gasteiger partial charge on any atom is 0.270 e. The number of rotatable bonds is 5. The van der Waals surface area contributed by atoms with E-state index in [9.17, 15) is 19.2 Å². The van der Waals surface area contributed by atoms with Crippen LogP contribution in [0.1, 0.15) is 43.0 Å². The SMILES string of the molecule is CCn1c(N2CC(C)OC(C)C2)c(/C=C2\SC(=S)N(Cc3ccc(F)cc3)C2=O)c(C)c(C#N)c1=O. The van der Waals surface area contributed by atoms with Gasteiger partial charge in [0.1, 0.15) is 27.6 Å². The molecule has 2 aliphatic rings. The summed E-state index contributed by atoms with van der Waals surface area (Å²) < 4.78 is 21.2. The molecule has 1 aromatic carbocycles. The molecule has 188 valence electrons. The van der Waals surface area contributed by atoms with Crippen molar-refractivity contribution in [2.75, 3.05) is 18.0 Å². The molecule has 2 aliphatic heterocycles. The molecule has 2 fully saturated rings. The van der Waals surface area contributed by atoms with Crippen LogP contribution in [0.5, 0.6) is 0 Å². The predicted octanol–water partition coefficient (Wildman–Crippen LogP) is 4.20. The van der Waals surface area contributed by atoms with E-state index >= 15 is 0 Å². The highest BCUT2D eigenvalue weighted by Gasteiger charge is 2.34. The molecule has 2 atom stereocenters. The number of morpholine rings is 1. The first-order chi connectivity index (χ1) is 17.1. The lowest BCUT2D eigenvalue weighted by Gasteiger charge is -2.39. The topological polar surface area (TPSA) is 78.6 Å². The average molecular weight is 527 g/mol. The van der Waals surface area contributed by atoms with Crippen LogP contribution in [0, 0.1) is 24.1 Å². The summed E-state index contributed by atoms with van der Waals surface area (Å²) in [6.45, 7) is 9.30. The van der Waals surface area contributed by atoms with Crippen LogP contribution in [0.3, 0.4) is 0 Å². The van der Waals surface area contributed by atoms with Crippen molar-refractivity contribution in [2.45, 2.75) is 53.0 Å². The van der Waals surface area contributed by atoms with Crippen LogP contribution >= 0.6 is 24.0 Å². The molecule has 7 nitrogen and oxygen atoms in total. The average Bonchev–Trinajstić information content (AvgIpc) is 3.09. The smallest absolute Gasteiger partial charge is 0.270 e. The molecule has 4 rings (SSSR count). The summed E-state index contributed by atoms with van der Waals surface area (Å²) >= 11 is 6.67. The summed E-state index contributed by atoms with van der Waals surface area (Å²) in [5, 5.41) is 9.76. The van der Waals surface area contributed by atoms with Crippen molar-refractivity contribution < 1.29 is 13.9 Å². The molecule has 10 heteroatoms. The van der Waals surface area contributed by atoms with Gasteiger partial charge in [-0.25, -0.2) is 4.39 Å². The standard InChI is InChI=1S/C26H27FN4O3S2/c1-5-30-23(29-12-15(2)34-16(3)13-29)20(17(4)21(11-28)24(30)32)10-22-25(33)31(26(35)36-22)14-18-6-8-19(27)9-7-18/h6-10,15-16H,5,12-14H2,1-4H3/b22-10-. The minimum atomic E-state index is -0.349. The molecule has 0 bridgehead atoms. The number of hydrogen-bond acceptors (Lipinski definition) is 7. The fraction of sp³-hybridized carbons (Fsp3) is 0.385. The lowest BCUT2D eigenvalue weighted by atomic mass is 10.0. The van der Waals surface area contributed by atoms with Crippen molar-refractivity contribution in [2.24, 2.45) is 0 Å².